The van der Waals surface area contributed by atoms with Gasteiger partial charge in [0, 0.05) is 70.6 Å². The van der Waals surface area contributed by atoms with E-state index in [1.165, 1.54) is 10.9 Å². The van der Waals surface area contributed by atoms with Crippen LogP contribution in [0.1, 0.15) is 37.6 Å². The lowest BCUT2D eigenvalue weighted by atomic mass is 10.1. The number of imidazole rings is 1. The Morgan fingerprint density at radius 1 is 1.14 bits per heavy atom. The molecule has 35 heavy (non-hydrogen) atoms. The molecule has 0 unspecified atom stereocenters. The van der Waals surface area contributed by atoms with Crippen LogP contribution >= 0.6 is 0 Å². The lowest BCUT2D eigenvalue weighted by molar-refractivity contribution is 0.0515. The SMILES string of the molecule is Cn1cnc(Cn2cc(CN3CCN(CCNC(=O)OC(C)(C)C)CC3)c3ccc(C#N)cc32)c1. The van der Waals surface area contributed by atoms with Gasteiger partial charge < -0.3 is 19.2 Å². The first-order valence-corrected chi connectivity index (χ1v) is 12.1. The summed E-state index contributed by atoms with van der Waals surface area (Å²) in [6.07, 6.45) is 5.68. The van der Waals surface area contributed by atoms with Crippen LogP contribution in [0.3, 0.4) is 0 Å². The number of nitrogens with zero attached hydrogens (tertiary/aromatic N) is 6. The summed E-state index contributed by atoms with van der Waals surface area (Å²) in [5.41, 5.74) is 3.51. The second kappa shape index (κ2) is 10.5. The number of benzene rings is 1. The second-order valence-corrected chi connectivity index (χ2v) is 10.2. The molecule has 1 aliphatic rings. The topological polar surface area (TPSA) is 91.3 Å². The maximum absolute atomic E-state index is 11.8. The molecule has 4 rings (SSSR count). The summed E-state index contributed by atoms with van der Waals surface area (Å²) in [4.78, 5) is 21.2. The summed E-state index contributed by atoms with van der Waals surface area (Å²) in [5, 5.41) is 13.4. The summed E-state index contributed by atoms with van der Waals surface area (Å²) in [6, 6.07) is 8.19. The summed E-state index contributed by atoms with van der Waals surface area (Å²) in [7, 11) is 1.97. The van der Waals surface area contributed by atoms with E-state index >= 15 is 0 Å². The van der Waals surface area contributed by atoms with Gasteiger partial charge in [-0.3, -0.25) is 9.80 Å². The van der Waals surface area contributed by atoms with Crippen LogP contribution < -0.4 is 5.32 Å². The van der Waals surface area contributed by atoms with Crippen molar-refractivity contribution in [1.29, 1.82) is 5.26 Å². The van der Waals surface area contributed by atoms with Gasteiger partial charge in [-0.15, -0.1) is 0 Å². The minimum Gasteiger partial charge on any atom is -0.444 e. The Kier molecular flexibility index (Phi) is 7.43. The van der Waals surface area contributed by atoms with Gasteiger partial charge in [-0.2, -0.15) is 5.26 Å². The number of amides is 1. The van der Waals surface area contributed by atoms with Crippen molar-refractivity contribution in [3.05, 3.63) is 53.7 Å². The quantitative estimate of drug-likeness (QED) is 0.563. The van der Waals surface area contributed by atoms with E-state index in [1.807, 2.05) is 57.0 Å². The van der Waals surface area contributed by atoms with Gasteiger partial charge in [0.1, 0.15) is 5.60 Å². The molecule has 1 saturated heterocycles. The van der Waals surface area contributed by atoms with Crippen LogP contribution in [0.2, 0.25) is 0 Å². The molecule has 9 nitrogen and oxygen atoms in total. The third-order valence-corrected chi connectivity index (χ3v) is 6.14. The number of aryl methyl sites for hydroxylation is 1. The number of carbonyl (C=O) groups is 1. The average molecular weight is 478 g/mol. The standard InChI is InChI=1S/C26H35N7O2/c1-26(2,3)35-25(34)28-7-8-31-9-11-32(12-10-31)15-21-16-33(18-22-17-30(4)19-29-22)24-13-20(14-27)5-6-23(21)24/h5-6,13,16-17,19H,7-12,15,18H2,1-4H3,(H,28,34). The molecule has 3 heterocycles. The second-order valence-electron chi connectivity index (χ2n) is 10.2. The Hall–Kier alpha value is -3.35. The van der Waals surface area contributed by atoms with Gasteiger partial charge in [-0.1, -0.05) is 6.07 Å². The average Bonchev–Trinajstić information content (AvgIpc) is 3.36. The molecule has 1 N–H and O–H groups in total. The Morgan fingerprint density at radius 2 is 1.89 bits per heavy atom. The number of ether oxygens (including phenoxy) is 1. The molecule has 1 fully saturated rings. The van der Waals surface area contributed by atoms with E-state index in [-0.39, 0.29) is 6.09 Å². The molecular formula is C26H35N7O2. The number of aromatic nitrogens is 3. The van der Waals surface area contributed by atoms with Gasteiger partial charge in [0.25, 0.3) is 0 Å². The number of rotatable bonds is 7. The van der Waals surface area contributed by atoms with E-state index in [4.69, 9.17) is 4.74 Å². The first kappa shape index (κ1) is 24.8. The number of nitrogens with one attached hydrogen (secondary N) is 1. The van der Waals surface area contributed by atoms with E-state index in [1.54, 1.807) is 0 Å². The van der Waals surface area contributed by atoms with Crippen LogP contribution in [-0.2, 0) is 24.9 Å². The maximum atomic E-state index is 11.8. The fraction of sp³-hybridized carbons (Fsp3) is 0.500. The molecule has 1 aliphatic heterocycles. The van der Waals surface area contributed by atoms with Crippen LogP contribution in [-0.4, -0.2) is 74.9 Å². The maximum Gasteiger partial charge on any atom is 0.407 e. The largest absolute Gasteiger partial charge is 0.444 e. The van der Waals surface area contributed by atoms with Crippen molar-refractivity contribution in [2.45, 2.75) is 39.5 Å². The zero-order valence-electron chi connectivity index (χ0n) is 21.1. The molecule has 0 spiro atoms. The van der Waals surface area contributed by atoms with Gasteiger partial charge in [0.05, 0.1) is 35.7 Å². The van der Waals surface area contributed by atoms with Gasteiger partial charge in [-0.25, -0.2) is 9.78 Å². The summed E-state index contributed by atoms with van der Waals surface area (Å²) < 4.78 is 9.45. The predicted octanol–water partition coefficient (Wildman–Crippen LogP) is 2.94. The zero-order chi connectivity index (χ0) is 25.0. The first-order valence-electron chi connectivity index (χ1n) is 12.1. The Labute approximate surface area is 206 Å². The van der Waals surface area contributed by atoms with E-state index in [0.717, 1.165) is 50.5 Å². The molecule has 0 radical (unpaired) electrons. The molecule has 0 saturated carbocycles. The number of hydrogen-bond donors (Lipinski definition) is 1. The third kappa shape index (κ3) is 6.62. The first-order chi connectivity index (χ1) is 16.7. The number of fused-ring (bicyclic) bond motifs is 1. The fourth-order valence-electron chi connectivity index (χ4n) is 4.46. The summed E-state index contributed by atoms with van der Waals surface area (Å²) in [5.74, 6) is 0. The highest BCUT2D eigenvalue weighted by atomic mass is 16.6. The summed E-state index contributed by atoms with van der Waals surface area (Å²) in [6.45, 7) is 12.4. The molecule has 1 aromatic carbocycles. The van der Waals surface area contributed by atoms with Crippen LogP contribution in [0.5, 0.6) is 0 Å². The summed E-state index contributed by atoms with van der Waals surface area (Å²) >= 11 is 0. The van der Waals surface area contributed by atoms with Crippen LogP contribution in [0, 0.1) is 11.3 Å². The van der Waals surface area contributed by atoms with Crippen molar-refractivity contribution in [2.75, 3.05) is 39.3 Å². The number of nitriles is 1. The van der Waals surface area contributed by atoms with Crippen molar-refractivity contribution >= 4 is 17.0 Å². The minimum atomic E-state index is -0.480. The van der Waals surface area contributed by atoms with E-state index in [0.29, 0.717) is 18.7 Å². The van der Waals surface area contributed by atoms with E-state index in [2.05, 4.69) is 43.0 Å². The zero-order valence-corrected chi connectivity index (χ0v) is 21.1. The number of hydrogen-bond acceptors (Lipinski definition) is 6. The minimum absolute atomic E-state index is 0.363. The highest BCUT2D eigenvalue weighted by Gasteiger charge is 2.20. The Morgan fingerprint density at radius 3 is 2.54 bits per heavy atom. The van der Waals surface area contributed by atoms with E-state index < -0.39 is 5.60 Å². The highest BCUT2D eigenvalue weighted by Crippen LogP contribution is 2.25. The van der Waals surface area contributed by atoms with Crippen LogP contribution in [0.15, 0.2) is 36.9 Å². The monoisotopic (exact) mass is 477 g/mol. The van der Waals surface area contributed by atoms with Gasteiger partial charge in [-0.05, 0) is 38.5 Å². The number of alkyl carbamates (subject to hydrolysis) is 1. The van der Waals surface area contributed by atoms with Crippen molar-refractivity contribution in [1.82, 2.24) is 29.2 Å². The highest BCUT2D eigenvalue weighted by molar-refractivity contribution is 5.85. The molecule has 3 aromatic rings. The normalized spacial score (nSPS) is 15.3. The van der Waals surface area contributed by atoms with Crippen molar-refractivity contribution in [3.63, 3.8) is 0 Å². The van der Waals surface area contributed by atoms with Gasteiger partial charge in [0.15, 0.2) is 0 Å². The van der Waals surface area contributed by atoms with Crippen LogP contribution in [0.4, 0.5) is 4.79 Å². The van der Waals surface area contributed by atoms with Gasteiger partial charge in [0.2, 0.25) is 0 Å². The smallest absolute Gasteiger partial charge is 0.407 e. The third-order valence-electron chi connectivity index (χ3n) is 6.14. The molecule has 0 bridgehead atoms. The molecule has 2 aromatic heterocycles. The van der Waals surface area contributed by atoms with Gasteiger partial charge >= 0.3 is 6.09 Å². The molecule has 9 heteroatoms. The number of piperazine rings is 1. The Bertz CT molecular complexity index is 1210. The lowest BCUT2D eigenvalue weighted by Crippen LogP contribution is -2.48. The van der Waals surface area contributed by atoms with Crippen LogP contribution in [0.25, 0.3) is 10.9 Å². The molecule has 0 atom stereocenters. The van der Waals surface area contributed by atoms with Crippen molar-refractivity contribution in [2.24, 2.45) is 7.05 Å². The van der Waals surface area contributed by atoms with E-state index in [9.17, 15) is 10.1 Å². The van der Waals surface area contributed by atoms with Crippen molar-refractivity contribution in [3.8, 4) is 6.07 Å². The predicted molar refractivity (Wildman–Crippen MR) is 135 cm³/mol. The molecular weight excluding hydrogens is 442 g/mol. The Balaban J connectivity index is 1.35. The molecule has 0 aliphatic carbocycles. The van der Waals surface area contributed by atoms with Crippen molar-refractivity contribution < 1.29 is 9.53 Å². The molecule has 186 valence electrons. The number of carbonyl (C=O) groups excluding carboxylic acids is 1. The lowest BCUT2D eigenvalue weighted by Gasteiger charge is -2.34. The fourth-order valence-corrected chi connectivity index (χ4v) is 4.46. The molecule has 1 amide bonds.